The lowest BCUT2D eigenvalue weighted by Crippen LogP contribution is -2.10. The largest absolute Gasteiger partial charge is 0.359 e. The molecule has 0 bridgehead atoms. The first-order chi connectivity index (χ1) is 6.79. The molecule has 1 amide bonds. The molecule has 0 unspecified atom stereocenters. The second-order valence-electron chi connectivity index (χ2n) is 3.69. The van der Waals surface area contributed by atoms with Crippen molar-refractivity contribution in [3.63, 3.8) is 0 Å². The van der Waals surface area contributed by atoms with Gasteiger partial charge in [0.2, 0.25) is 5.91 Å². The lowest BCUT2D eigenvalue weighted by molar-refractivity contribution is -0.116. The van der Waals surface area contributed by atoms with Gasteiger partial charge in [0, 0.05) is 18.4 Å². The van der Waals surface area contributed by atoms with Gasteiger partial charge in [-0.1, -0.05) is 12.1 Å². The Hall–Kier alpha value is -1.32. The molecule has 76 valence electrons. The fourth-order valence-corrected chi connectivity index (χ4v) is 1.34. The van der Waals surface area contributed by atoms with Crippen molar-refractivity contribution in [3.8, 4) is 0 Å². The van der Waals surface area contributed by atoms with Gasteiger partial charge in [-0.15, -0.1) is 0 Å². The van der Waals surface area contributed by atoms with E-state index in [-0.39, 0.29) is 5.91 Å². The summed E-state index contributed by atoms with van der Waals surface area (Å²) in [6.45, 7) is 1.97. The van der Waals surface area contributed by atoms with Crippen molar-refractivity contribution in [2.75, 3.05) is 5.32 Å². The van der Waals surface area contributed by atoms with Crippen LogP contribution in [-0.4, -0.2) is 11.1 Å². The number of hydrogen-bond acceptors (Lipinski definition) is 3. The fourth-order valence-electron chi connectivity index (χ4n) is 1.34. The molecular weight excluding hydrogens is 180 g/mol. The molecule has 1 fully saturated rings. The highest BCUT2D eigenvalue weighted by molar-refractivity contribution is 5.89. The van der Waals surface area contributed by atoms with Crippen LogP contribution in [0, 0.1) is 0 Å². The van der Waals surface area contributed by atoms with E-state index in [1.165, 1.54) is 12.8 Å². The van der Waals surface area contributed by atoms with Gasteiger partial charge < -0.3 is 9.84 Å². The minimum absolute atomic E-state index is 0.00291. The summed E-state index contributed by atoms with van der Waals surface area (Å²) in [6.07, 6.45) is 3.74. The van der Waals surface area contributed by atoms with E-state index in [1.54, 1.807) is 0 Å². The Bertz CT molecular complexity index is 329. The predicted octanol–water partition coefficient (Wildman–Crippen LogP) is 2.29. The molecule has 1 N–H and O–H groups in total. The van der Waals surface area contributed by atoms with Crippen molar-refractivity contribution < 1.29 is 9.32 Å². The molecule has 1 aliphatic rings. The SMILES string of the molecule is CCCC(=O)Nc1cc(C2CC2)on1. The zero-order valence-electron chi connectivity index (χ0n) is 8.25. The second kappa shape index (κ2) is 3.82. The van der Waals surface area contributed by atoms with Crippen LogP contribution in [-0.2, 0) is 4.79 Å². The Kier molecular flexibility index (Phi) is 2.52. The molecule has 0 radical (unpaired) electrons. The molecule has 1 saturated carbocycles. The van der Waals surface area contributed by atoms with Gasteiger partial charge in [-0.3, -0.25) is 4.79 Å². The molecule has 1 aliphatic carbocycles. The van der Waals surface area contributed by atoms with Crippen molar-refractivity contribution in [1.29, 1.82) is 0 Å². The minimum atomic E-state index is 0.00291. The van der Waals surface area contributed by atoms with Gasteiger partial charge >= 0.3 is 0 Å². The zero-order chi connectivity index (χ0) is 9.97. The molecular formula is C10H14N2O2. The molecule has 0 aromatic carbocycles. The normalized spacial score (nSPS) is 15.5. The van der Waals surface area contributed by atoms with Gasteiger partial charge in [-0.05, 0) is 19.3 Å². The number of aromatic nitrogens is 1. The van der Waals surface area contributed by atoms with Crippen LogP contribution in [0.4, 0.5) is 5.82 Å². The maximum Gasteiger partial charge on any atom is 0.225 e. The number of nitrogens with one attached hydrogen (secondary N) is 1. The number of carbonyl (C=O) groups excluding carboxylic acids is 1. The third kappa shape index (κ3) is 2.13. The van der Waals surface area contributed by atoms with Gasteiger partial charge in [0.05, 0.1) is 0 Å². The molecule has 4 nitrogen and oxygen atoms in total. The third-order valence-corrected chi connectivity index (χ3v) is 2.25. The molecule has 0 aliphatic heterocycles. The van der Waals surface area contributed by atoms with Gasteiger partial charge in [-0.25, -0.2) is 0 Å². The van der Waals surface area contributed by atoms with Crippen molar-refractivity contribution in [2.24, 2.45) is 0 Å². The number of carbonyl (C=O) groups is 1. The van der Waals surface area contributed by atoms with E-state index in [2.05, 4.69) is 10.5 Å². The Balaban J connectivity index is 1.92. The standard InChI is InChI=1S/C10H14N2O2/c1-2-3-10(13)11-9-6-8(14-12-9)7-4-5-7/h6-7H,2-5H2,1H3,(H,11,12,13). The maximum atomic E-state index is 11.2. The van der Waals surface area contributed by atoms with Crippen LogP contribution in [0.15, 0.2) is 10.6 Å². The summed E-state index contributed by atoms with van der Waals surface area (Å²) in [5.74, 6) is 1.99. The van der Waals surface area contributed by atoms with Crippen LogP contribution in [0.25, 0.3) is 0 Å². The molecule has 0 atom stereocenters. The van der Waals surface area contributed by atoms with Crippen LogP contribution >= 0.6 is 0 Å². The first kappa shape index (κ1) is 9.24. The van der Waals surface area contributed by atoms with E-state index in [4.69, 9.17) is 4.52 Å². The van der Waals surface area contributed by atoms with E-state index in [0.29, 0.717) is 18.2 Å². The number of hydrogen-bond donors (Lipinski definition) is 1. The first-order valence-corrected chi connectivity index (χ1v) is 5.06. The fraction of sp³-hybridized carbons (Fsp3) is 0.600. The summed E-state index contributed by atoms with van der Waals surface area (Å²) in [7, 11) is 0. The summed E-state index contributed by atoms with van der Waals surface area (Å²) in [5, 5.41) is 6.49. The number of nitrogens with zero attached hydrogens (tertiary/aromatic N) is 1. The van der Waals surface area contributed by atoms with E-state index in [1.807, 2.05) is 13.0 Å². The summed E-state index contributed by atoms with van der Waals surface area (Å²) in [4.78, 5) is 11.2. The molecule has 2 rings (SSSR count). The van der Waals surface area contributed by atoms with Crippen LogP contribution in [0.2, 0.25) is 0 Å². The molecule has 1 heterocycles. The van der Waals surface area contributed by atoms with Crippen LogP contribution in [0.5, 0.6) is 0 Å². The average Bonchev–Trinajstić information content (AvgIpc) is 2.89. The molecule has 1 aromatic rings. The smallest absolute Gasteiger partial charge is 0.225 e. The van der Waals surface area contributed by atoms with Crippen LogP contribution in [0.3, 0.4) is 0 Å². The Labute approximate surface area is 82.7 Å². The Morgan fingerprint density at radius 2 is 2.50 bits per heavy atom. The summed E-state index contributed by atoms with van der Waals surface area (Å²) in [5.41, 5.74) is 0. The summed E-state index contributed by atoms with van der Waals surface area (Å²) >= 11 is 0. The number of amides is 1. The molecule has 1 aromatic heterocycles. The lowest BCUT2D eigenvalue weighted by atomic mass is 10.3. The first-order valence-electron chi connectivity index (χ1n) is 5.06. The molecule has 0 spiro atoms. The average molecular weight is 194 g/mol. The second-order valence-corrected chi connectivity index (χ2v) is 3.69. The van der Waals surface area contributed by atoms with E-state index in [9.17, 15) is 4.79 Å². The maximum absolute atomic E-state index is 11.2. The third-order valence-electron chi connectivity index (χ3n) is 2.25. The van der Waals surface area contributed by atoms with Crippen LogP contribution in [0.1, 0.15) is 44.3 Å². The van der Waals surface area contributed by atoms with Gasteiger partial charge in [-0.2, -0.15) is 0 Å². The van der Waals surface area contributed by atoms with Crippen molar-refractivity contribution in [1.82, 2.24) is 5.16 Å². The quantitative estimate of drug-likeness (QED) is 0.800. The van der Waals surface area contributed by atoms with E-state index < -0.39 is 0 Å². The lowest BCUT2D eigenvalue weighted by Gasteiger charge is -1.96. The number of rotatable bonds is 4. The number of anilines is 1. The zero-order valence-corrected chi connectivity index (χ0v) is 8.25. The van der Waals surface area contributed by atoms with Crippen molar-refractivity contribution in [3.05, 3.63) is 11.8 Å². The van der Waals surface area contributed by atoms with E-state index in [0.717, 1.165) is 12.2 Å². The molecule has 14 heavy (non-hydrogen) atoms. The highest BCUT2D eigenvalue weighted by Crippen LogP contribution is 2.40. The summed E-state index contributed by atoms with van der Waals surface area (Å²) in [6, 6.07) is 1.82. The predicted molar refractivity (Wildman–Crippen MR) is 52.0 cm³/mol. The van der Waals surface area contributed by atoms with Crippen molar-refractivity contribution in [2.45, 2.75) is 38.5 Å². The van der Waals surface area contributed by atoms with Crippen LogP contribution < -0.4 is 5.32 Å². The minimum Gasteiger partial charge on any atom is -0.359 e. The highest BCUT2D eigenvalue weighted by atomic mass is 16.5. The highest BCUT2D eigenvalue weighted by Gasteiger charge is 2.27. The van der Waals surface area contributed by atoms with Gasteiger partial charge in [0.1, 0.15) is 5.76 Å². The molecule has 0 saturated heterocycles. The van der Waals surface area contributed by atoms with Crippen molar-refractivity contribution >= 4 is 11.7 Å². The Morgan fingerprint density at radius 1 is 1.71 bits per heavy atom. The topological polar surface area (TPSA) is 55.1 Å². The van der Waals surface area contributed by atoms with E-state index >= 15 is 0 Å². The van der Waals surface area contributed by atoms with Gasteiger partial charge in [0.25, 0.3) is 0 Å². The van der Waals surface area contributed by atoms with Gasteiger partial charge in [0.15, 0.2) is 5.82 Å². The monoisotopic (exact) mass is 194 g/mol. The molecule has 4 heteroatoms. The summed E-state index contributed by atoms with van der Waals surface area (Å²) < 4.78 is 5.10. The Morgan fingerprint density at radius 3 is 3.14 bits per heavy atom.